The molecule has 0 radical (unpaired) electrons. The maximum atomic E-state index is 12.2. The molecule has 3 heteroatoms. The van der Waals surface area contributed by atoms with E-state index in [1.54, 1.807) is 0 Å². The molecule has 0 spiro atoms. The summed E-state index contributed by atoms with van der Waals surface area (Å²) in [6.45, 7) is 7.97. The Hall–Kier alpha value is -1.35. The van der Waals surface area contributed by atoms with Gasteiger partial charge in [0.15, 0.2) is 0 Å². The van der Waals surface area contributed by atoms with Gasteiger partial charge in [0.2, 0.25) is 5.91 Å². The fraction of sp³-hybridized carbons (Fsp3) is 0.611. The highest BCUT2D eigenvalue weighted by Gasteiger charge is 2.29. The van der Waals surface area contributed by atoms with Gasteiger partial charge in [0, 0.05) is 24.5 Å². The lowest BCUT2D eigenvalue weighted by Gasteiger charge is -2.37. The van der Waals surface area contributed by atoms with Crippen LogP contribution in [0, 0.1) is 11.3 Å². The number of benzene rings is 1. The molecule has 1 aliphatic heterocycles. The van der Waals surface area contributed by atoms with E-state index in [0.29, 0.717) is 5.92 Å². The fourth-order valence-electron chi connectivity index (χ4n) is 3.04. The average Bonchev–Trinajstić information content (AvgIpc) is 2.38. The van der Waals surface area contributed by atoms with Crippen molar-refractivity contribution in [3.05, 3.63) is 35.9 Å². The third-order valence-corrected chi connectivity index (χ3v) is 4.10. The number of carbonyl (C=O) groups is 1. The van der Waals surface area contributed by atoms with Crippen molar-refractivity contribution in [3.8, 4) is 0 Å². The zero-order chi connectivity index (χ0) is 15.5. The smallest absolute Gasteiger partial charge is 0.225 e. The van der Waals surface area contributed by atoms with Crippen LogP contribution >= 0.6 is 0 Å². The van der Waals surface area contributed by atoms with Gasteiger partial charge in [0.05, 0.1) is 0 Å². The first-order valence-electron chi connectivity index (χ1n) is 7.88. The summed E-state index contributed by atoms with van der Waals surface area (Å²) >= 11 is 0. The number of piperidine rings is 1. The highest BCUT2D eigenvalue weighted by atomic mass is 16.2. The SMILES string of the molecule is CN1CC(Cc2ccccc2)CC(NC(=O)C(C)(C)C)C1. The molecule has 1 aromatic rings. The molecule has 0 bridgehead atoms. The molecule has 3 nitrogen and oxygen atoms in total. The van der Waals surface area contributed by atoms with E-state index in [0.717, 1.165) is 25.9 Å². The first-order chi connectivity index (χ1) is 9.84. The van der Waals surface area contributed by atoms with Gasteiger partial charge in [-0.15, -0.1) is 0 Å². The van der Waals surface area contributed by atoms with Gasteiger partial charge in [0.25, 0.3) is 0 Å². The van der Waals surface area contributed by atoms with Crippen LogP contribution in [0.25, 0.3) is 0 Å². The van der Waals surface area contributed by atoms with E-state index in [1.165, 1.54) is 5.56 Å². The molecule has 1 saturated heterocycles. The Labute approximate surface area is 128 Å². The van der Waals surface area contributed by atoms with E-state index in [-0.39, 0.29) is 17.4 Å². The number of hydrogen-bond donors (Lipinski definition) is 1. The van der Waals surface area contributed by atoms with Gasteiger partial charge in [-0.1, -0.05) is 51.1 Å². The molecule has 1 fully saturated rings. The Morgan fingerprint density at radius 2 is 1.90 bits per heavy atom. The zero-order valence-electron chi connectivity index (χ0n) is 13.7. The number of likely N-dealkylation sites (N-methyl/N-ethyl adjacent to an activating group) is 1. The van der Waals surface area contributed by atoms with Crippen LogP contribution in [0.15, 0.2) is 30.3 Å². The summed E-state index contributed by atoms with van der Waals surface area (Å²) in [7, 11) is 2.15. The maximum Gasteiger partial charge on any atom is 0.225 e. The predicted molar refractivity (Wildman–Crippen MR) is 87.1 cm³/mol. The van der Waals surface area contributed by atoms with E-state index in [2.05, 4.69) is 47.6 Å². The first kappa shape index (κ1) is 16.0. The molecule has 0 aromatic heterocycles. The molecule has 2 unspecified atom stereocenters. The van der Waals surface area contributed by atoms with Crippen molar-refractivity contribution in [2.75, 3.05) is 20.1 Å². The van der Waals surface area contributed by atoms with Crippen molar-refractivity contribution in [1.29, 1.82) is 0 Å². The molecule has 2 atom stereocenters. The van der Waals surface area contributed by atoms with Crippen molar-refractivity contribution in [1.82, 2.24) is 10.2 Å². The Bertz CT molecular complexity index is 464. The topological polar surface area (TPSA) is 32.3 Å². The second-order valence-electron chi connectivity index (χ2n) is 7.43. The van der Waals surface area contributed by atoms with Crippen LogP contribution in [0.4, 0.5) is 0 Å². The minimum absolute atomic E-state index is 0.154. The molecule has 2 rings (SSSR count). The lowest BCUT2D eigenvalue weighted by atomic mass is 9.88. The Kier molecular flexibility index (Phi) is 5.04. The lowest BCUT2D eigenvalue weighted by Crippen LogP contribution is -2.52. The number of hydrogen-bond acceptors (Lipinski definition) is 2. The van der Waals surface area contributed by atoms with E-state index in [9.17, 15) is 4.79 Å². The molecule has 1 aliphatic rings. The van der Waals surface area contributed by atoms with Crippen molar-refractivity contribution in [2.45, 2.75) is 39.7 Å². The third-order valence-electron chi connectivity index (χ3n) is 4.10. The fourth-order valence-corrected chi connectivity index (χ4v) is 3.04. The lowest BCUT2D eigenvalue weighted by molar-refractivity contribution is -0.129. The van der Waals surface area contributed by atoms with Crippen LogP contribution in [0.2, 0.25) is 0 Å². The molecule has 1 aromatic carbocycles. The van der Waals surface area contributed by atoms with Crippen LogP contribution in [-0.2, 0) is 11.2 Å². The second kappa shape index (κ2) is 6.61. The molecule has 116 valence electrons. The molecule has 1 amide bonds. The van der Waals surface area contributed by atoms with E-state index >= 15 is 0 Å². The standard InChI is InChI=1S/C18H28N2O/c1-18(2,3)17(21)19-16-11-15(12-20(4)13-16)10-14-8-6-5-7-9-14/h5-9,15-16H,10-13H2,1-4H3,(H,19,21). The van der Waals surface area contributed by atoms with Crippen LogP contribution in [-0.4, -0.2) is 37.0 Å². The van der Waals surface area contributed by atoms with Crippen LogP contribution in [0.3, 0.4) is 0 Å². The normalized spacial score (nSPS) is 23.8. The molecule has 0 saturated carbocycles. The summed E-state index contributed by atoms with van der Waals surface area (Å²) in [6, 6.07) is 10.9. The van der Waals surface area contributed by atoms with Gasteiger partial charge < -0.3 is 10.2 Å². The van der Waals surface area contributed by atoms with Crippen molar-refractivity contribution < 1.29 is 4.79 Å². The molecule has 21 heavy (non-hydrogen) atoms. The molecule has 0 aliphatic carbocycles. The first-order valence-corrected chi connectivity index (χ1v) is 7.88. The molecule has 1 N–H and O–H groups in total. The van der Waals surface area contributed by atoms with Crippen molar-refractivity contribution in [3.63, 3.8) is 0 Å². The van der Waals surface area contributed by atoms with Gasteiger partial charge in [0.1, 0.15) is 0 Å². The average molecular weight is 288 g/mol. The van der Waals surface area contributed by atoms with E-state index in [1.807, 2.05) is 20.8 Å². The Morgan fingerprint density at radius 3 is 2.52 bits per heavy atom. The summed E-state index contributed by atoms with van der Waals surface area (Å²) < 4.78 is 0. The quantitative estimate of drug-likeness (QED) is 0.927. The number of carbonyl (C=O) groups excluding carboxylic acids is 1. The van der Waals surface area contributed by atoms with Crippen LogP contribution in [0.1, 0.15) is 32.8 Å². The van der Waals surface area contributed by atoms with Gasteiger partial charge >= 0.3 is 0 Å². The van der Waals surface area contributed by atoms with Crippen molar-refractivity contribution in [2.24, 2.45) is 11.3 Å². The highest BCUT2D eigenvalue weighted by Crippen LogP contribution is 2.22. The largest absolute Gasteiger partial charge is 0.352 e. The number of amides is 1. The number of rotatable bonds is 3. The number of nitrogens with one attached hydrogen (secondary N) is 1. The van der Waals surface area contributed by atoms with E-state index in [4.69, 9.17) is 0 Å². The Morgan fingerprint density at radius 1 is 1.24 bits per heavy atom. The highest BCUT2D eigenvalue weighted by molar-refractivity contribution is 5.81. The third kappa shape index (κ3) is 4.85. The van der Waals surface area contributed by atoms with Gasteiger partial charge in [-0.3, -0.25) is 4.79 Å². The van der Waals surface area contributed by atoms with Crippen LogP contribution in [0.5, 0.6) is 0 Å². The maximum absolute atomic E-state index is 12.2. The molecular weight excluding hydrogens is 260 g/mol. The minimum Gasteiger partial charge on any atom is -0.352 e. The Balaban J connectivity index is 1.94. The summed E-state index contributed by atoms with van der Waals surface area (Å²) in [5, 5.41) is 3.22. The zero-order valence-corrected chi connectivity index (χ0v) is 13.7. The summed E-state index contributed by atoms with van der Waals surface area (Å²) in [5.41, 5.74) is 1.07. The van der Waals surface area contributed by atoms with Gasteiger partial charge in [-0.25, -0.2) is 0 Å². The molecule has 1 heterocycles. The number of nitrogens with zero attached hydrogens (tertiary/aromatic N) is 1. The minimum atomic E-state index is -0.315. The summed E-state index contributed by atoms with van der Waals surface area (Å²) in [6.07, 6.45) is 2.16. The monoisotopic (exact) mass is 288 g/mol. The summed E-state index contributed by atoms with van der Waals surface area (Å²) in [5.74, 6) is 0.762. The van der Waals surface area contributed by atoms with Gasteiger partial charge in [-0.05, 0) is 31.4 Å². The van der Waals surface area contributed by atoms with Crippen molar-refractivity contribution >= 4 is 5.91 Å². The van der Waals surface area contributed by atoms with E-state index < -0.39 is 0 Å². The number of likely N-dealkylation sites (tertiary alicyclic amines) is 1. The second-order valence-corrected chi connectivity index (χ2v) is 7.43. The van der Waals surface area contributed by atoms with Gasteiger partial charge in [-0.2, -0.15) is 0 Å². The predicted octanol–water partition coefficient (Wildman–Crippen LogP) is 2.71. The summed E-state index contributed by atoms with van der Waals surface area (Å²) in [4.78, 5) is 14.5. The molecular formula is C18H28N2O. The van der Waals surface area contributed by atoms with Crippen LogP contribution < -0.4 is 5.32 Å².